The van der Waals surface area contributed by atoms with Gasteiger partial charge in [-0.05, 0) is 18.4 Å². The van der Waals surface area contributed by atoms with Gasteiger partial charge in [-0.25, -0.2) is 0 Å². The first-order chi connectivity index (χ1) is 9.99. The number of carbonyl (C=O) groups excluding carboxylic acids is 1. The van der Waals surface area contributed by atoms with Crippen molar-refractivity contribution in [2.75, 3.05) is 13.6 Å². The summed E-state index contributed by atoms with van der Waals surface area (Å²) < 4.78 is 5.71. The van der Waals surface area contributed by atoms with Gasteiger partial charge in [0.15, 0.2) is 6.10 Å². The minimum absolute atomic E-state index is 0.345. The fourth-order valence-electron chi connectivity index (χ4n) is 2.13. The Balaban J connectivity index is 2.16. The highest BCUT2D eigenvalue weighted by Gasteiger charge is 2.21. The highest BCUT2D eigenvalue weighted by Crippen LogP contribution is 2.26. The first-order valence-corrected chi connectivity index (χ1v) is 6.60. The smallest absolute Gasteiger partial charge is 0.323 e. The van der Waals surface area contributed by atoms with E-state index in [1.165, 1.54) is 7.05 Å². The first-order valence-electron chi connectivity index (χ1n) is 6.60. The van der Waals surface area contributed by atoms with Crippen molar-refractivity contribution in [2.45, 2.75) is 13.0 Å². The summed E-state index contributed by atoms with van der Waals surface area (Å²) in [5, 5.41) is 10.6. The van der Waals surface area contributed by atoms with Crippen LogP contribution < -0.4 is 4.74 Å². The third-order valence-corrected chi connectivity index (χ3v) is 3.15. The second-order valence-electron chi connectivity index (χ2n) is 4.83. The maximum absolute atomic E-state index is 12.1. The number of carbonyl (C=O) groups is 2. The quantitative estimate of drug-likeness (QED) is 0.915. The number of carboxylic acids is 1. The van der Waals surface area contributed by atoms with E-state index in [1.54, 1.807) is 13.0 Å². The van der Waals surface area contributed by atoms with Crippen LogP contribution in [0, 0.1) is 0 Å². The highest BCUT2D eigenvalue weighted by atomic mass is 16.5. The molecule has 0 bridgehead atoms. The van der Waals surface area contributed by atoms with Crippen LogP contribution in [-0.4, -0.2) is 41.6 Å². The Morgan fingerprint density at radius 2 is 1.86 bits per heavy atom. The Hall–Kier alpha value is -2.56. The summed E-state index contributed by atoms with van der Waals surface area (Å²) in [6.07, 6.45) is -0.750. The van der Waals surface area contributed by atoms with Crippen molar-refractivity contribution in [1.29, 1.82) is 0 Å². The number of likely N-dealkylation sites (N-methyl/N-ethyl adjacent to an activating group) is 1. The van der Waals surface area contributed by atoms with E-state index >= 15 is 0 Å². The van der Waals surface area contributed by atoms with Crippen LogP contribution >= 0.6 is 0 Å². The van der Waals surface area contributed by atoms with E-state index in [2.05, 4.69) is 0 Å². The van der Waals surface area contributed by atoms with Gasteiger partial charge in [-0.2, -0.15) is 0 Å². The fourth-order valence-corrected chi connectivity index (χ4v) is 2.13. The maximum Gasteiger partial charge on any atom is 0.323 e. The van der Waals surface area contributed by atoms with Crippen molar-refractivity contribution in [3.63, 3.8) is 0 Å². The predicted octanol–water partition coefficient (Wildman–Crippen LogP) is 2.15. The summed E-state index contributed by atoms with van der Waals surface area (Å²) in [7, 11) is 1.44. The van der Waals surface area contributed by atoms with Crippen LogP contribution in [0.15, 0.2) is 42.5 Å². The molecule has 110 valence electrons. The first kappa shape index (κ1) is 14.8. The Labute approximate surface area is 122 Å². The van der Waals surface area contributed by atoms with Crippen LogP contribution in [0.1, 0.15) is 6.92 Å². The lowest BCUT2D eigenvalue weighted by Crippen LogP contribution is -2.40. The van der Waals surface area contributed by atoms with E-state index in [0.29, 0.717) is 5.75 Å². The van der Waals surface area contributed by atoms with Crippen molar-refractivity contribution in [3.05, 3.63) is 42.5 Å². The summed E-state index contributed by atoms with van der Waals surface area (Å²) in [5.41, 5.74) is 0. The van der Waals surface area contributed by atoms with Crippen LogP contribution in [-0.2, 0) is 9.59 Å². The Morgan fingerprint density at radius 3 is 2.57 bits per heavy atom. The number of ether oxygens (including phenoxy) is 1. The molecule has 5 nitrogen and oxygen atoms in total. The van der Waals surface area contributed by atoms with Gasteiger partial charge in [-0.3, -0.25) is 9.59 Å². The monoisotopic (exact) mass is 287 g/mol. The second kappa shape index (κ2) is 6.26. The number of nitrogens with zero attached hydrogens (tertiary/aromatic N) is 1. The molecule has 0 spiro atoms. The lowest BCUT2D eigenvalue weighted by atomic mass is 10.1. The van der Waals surface area contributed by atoms with Crippen molar-refractivity contribution in [3.8, 4) is 5.75 Å². The minimum atomic E-state index is -1.05. The van der Waals surface area contributed by atoms with Gasteiger partial charge in [0.2, 0.25) is 0 Å². The number of hydrogen-bond acceptors (Lipinski definition) is 3. The lowest BCUT2D eigenvalue weighted by molar-refractivity contribution is -0.146. The van der Waals surface area contributed by atoms with Crippen LogP contribution in [0.4, 0.5) is 0 Å². The number of aliphatic carboxylic acids is 1. The molecular formula is C16H17NO4. The molecule has 0 aliphatic carbocycles. The molecule has 0 saturated heterocycles. The van der Waals surface area contributed by atoms with Gasteiger partial charge in [0.1, 0.15) is 12.3 Å². The molecule has 0 fully saturated rings. The van der Waals surface area contributed by atoms with Gasteiger partial charge in [0.25, 0.3) is 5.91 Å². The van der Waals surface area contributed by atoms with Gasteiger partial charge < -0.3 is 14.7 Å². The van der Waals surface area contributed by atoms with E-state index < -0.39 is 12.1 Å². The third-order valence-electron chi connectivity index (χ3n) is 3.15. The van der Waals surface area contributed by atoms with Gasteiger partial charge in [0.05, 0.1) is 0 Å². The van der Waals surface area contributed by atoms with Crippen molar-refractivity contribution >= 4 is 22.6 Å². The zero-order chi connectivity index (χ0) is 15.4. The number of fused-ring (bicyclic) bond motifs is 1. The average molecular weight is 287 g/mol. The molecule has 21 heavy (non-hydrogen) atoms. The Kier molecular flexibility index (Phi) is 4.42. The molecular weight excluding hydrogens is 270 g/mol. The Morgan fingerprint density at radius 1 is 1.19 bits per heavy atom. The number of rotatable bonds is 5. The van der Waals surface area contributed by atoms with Crippen LogP contribution in [0.2, 0.25) is 0 Å². The van der Waals surface area contributed by atoms with Gasteiger partial charge >= 0.3 is 5.97 Å². The SMILES string of the molecule is CC(Oc1cccc2ccccc12)C(=O)N(C)CC(=O)O. The number of amides is 1. The van der Waals surface area contributed by atoms with Gasteiger partial charge in [-0.1, -0.05) is 36.4 Å². The number of carboxylic acid groups (broad SMARTS) is 1. The van der Waals surface area contributed by atoms with Crippen LogP contribution in [0.5, 0.6) is 5.75 Å². The van der Waals surface area contributed by atoms with E-state index in [0.717, 1.165) is 15.7 Å². The molecule has 0 radical (unpaired) electrons. The topological polar surface area (TPSA) is 66.8 Å². The maximum atomic E-state index is 12.1. The molecule has 1 N–H and O–H groups in total. The lowest BCUT2D eigenvalue weighted by Gasteiger charge is -2.21. The Bertz CT molecular complexity index is 663. The molecule has 2 aromatic carbocycles. The summed E-state index contributed by atoms with van der Waals surface area (Å²) in [6, 6.07) is 13.3. The van der Waals surface area contributed by atoms with Crippen LogP contribution in [0.3, 0.4) is 0 Å². The summed E-state index contributed by atoms with van der Waals surface area (Å²) >= 11 is 0. The summed E-state index contributed by atoms with van der Waals surface area (Å²) in [4.78, 5) is 23.8. The molecule has 0 heterocycles. The molecule has 1 atom stereocenters. The molecule has 1 amide bonds. The van der Waals surface area contributed by atoms with Gasteiger partial charge in [0, 0.05) is 12.4 Å². The predicted molar refractivity (Wildman–Crippen MR) is 79.3 cm³/mol. The normalized spacial score (nSPS) is 11.9. The molecule has 1 unspecified atom stereocenters. The minimum Gasteiger partial charge on any atom is -0.480 e. The molecule has 0 aliphatic rings. The second-order valence-corrected chi connectivity index (χ2v) is 4.83. The molecule has 5 heteroatoms. The standard InChI is InChI=1S/C16H17NO4/c1-11(16(20)17(2)10-15(18)19)21-14-9-5-7-12-6-3-4-8-13(12)14/h3-9,11H,10H2,1-2H3,(H,18,19). The molecule has 2 aromatic rings. The van der Waals surface area contributed by atoms with Crippen LogP contribution in [0.25, 0.3) is 10.8 Å². The number of benzene rings is 2. The average Bonchev–Trinajstić information content (AvgIpc) is 2.46. The van der Waals surface area contributed by atoms with Crippen molar-refractivity contribution < 1.29 is 19.4 Å². The zero-order valence-corrected chi connectivity index (χ0v) is 11.9. The summed E-state index contributed by atoms with van der Waals surface area (Å²) in [6.45, 7) is 1.27. The zero-order valence-electron chi connectivity index (χ0n) is 11.9. The fraction of sp³-hybridized carbons (Fsp3) is 0.250. The molecule has 0 saturated carbocycles. The molecule has 2 rings (SSSR count). The summed E-state index contributed by atoms with van der Waals surface area (Å²) in [5.74, 6) is -0.814. The molecule has 0 aliphatic heterocycles. The largest absolute Gasteiger partial charge is 0.480 e. The van der Waals surface area contributed by atoms with E-state index in [4.69, 9.17) is 9.84 Å². The van der Waals surface area contributed by atoms with E-state index in [-0.39, 0.29) is 12.5 Å². The molecule has 0 aromatic heterocycles. The van der Waals surface area contributed by atoms with Crippen molar-refractivity contribution in [2.24, 2.45) is 0 Å². The third kappa shape index (κ3) is 3.51. The van der Waals surface area contributed by atoms with Gasteiger partial charge in [-0.15, -0.1) is 0 Å². The highest BCUT2D eigenvalue weighted by molar-refractivity contribution is 5.89. The number of hydrogen-bond donors (Lipinski definition) is 1. The van der Waals surface area contributed by atoms with Crippen molar-refractivity contribution in [1.82, 2.24) is 4.90 Å². The van der Waals surface area contributed by atoms with E-state index in [1.807, 2.05) is 36.4 Å². The van der Waals surface area contributed by atoms with E-state index in [9.17, 15) is 9.59 Å².